The van der Waals surface area contributed by atoms with Gasteiger partial charge in [-0.2, -0.15) is 13.2 Å². The van der Waals surface area contributed by atoms with E-state index in [1.54, 1.807) is 17.6 Å². The molecule has 3 aromatic heterocycles. The average Bonchev–Trinajstić information content (AvgIpc) is 3.25. The van der Waals surface area contributed by atoms with Gasteiger partial charge in [0, 0.05) is 6.20 Å². The van der Waals surface area contributed by atoms with E-state index in [0.29, 0.717) is 5.52 Å². The number of nitrogens with zero attached hydrogens (tertiary/aromatic N) is 2. The molecule has 0 radical (unpaired) electrons. The maximum atomic E-state index is 12.4. The number of anilines is 1. The van der Waals surface area contributed by atoms with Gasteiger partial charge in [0.2, 0.25) is 0 Å². The maximum Gasteiger partial charge on any atom is 0.422 e. The fourth-order valence-corrected chi connectivity index (χ4v) is 3.57. The largest absolute Gasteiger partial charge is 0.440 e. The number of amides is 3. The second-order valence-electron chi connectivity index (χ2n) is 5.13. The number of alkyl halides is 3. The van der Waals surface area contributed by atoms with Crippen LogP contribution in [0.4, 0.5) is 23.0 Å². The second-order valence-corrected chi connectivity index (χ2v) is 7.07. The van der Waals surface area contributed by atoms with Crippen molar-refractivity contribution in [3.05, 3.63) is 40.5 Å². The smallest absolute Gasteiger partial charge is 0.422 e. The average molecular weight is 430 g/mol. The number of carbonyl (C=O) groups is 3. The van der Waals surface area contributed by atoms with Gasteiger partial charge in [-0.1, -0.05) is 0 Å². The monoisotopic (exact) mass is 430 g/mol. The number of nitrogens with one attached hydrogen (secondary N) is 2. The van der Waals surface area contributed by atoms with Crippen molar-refractivity contribution in [2.45, 2.75) is 6.18 Å². The number of carbonyl (C=O) groups excluding carboxylic acids is 3. The van der Waals surface area contributed by atoms with Gasteiger partial charge in [0.25, 0.3) is 11.8 Å². The van der Waals surface area contributed by atoms with Crippen LogP contribution >= 0.6 is 22.7 Å². The molecule has 2 N–H and O–H groups in total. The number of thiophene rings is 1. The molecule has 3 heterocycles. The van der Waals surface area contributed by atoms with Gasteiger partial charge in [-0.15, -0.1) is 22.7 Å². The summed E-state index contributed by atoms with van der Waals surface area (Å²) in [7, 11) is 0. The van der Waals surface area contributed by atoms with Crippen molar-refractivity contribution in [3.63, 3.8) is 0 Å². The van der Waals surface area contributed by atoms with Gasteiger partial charge in [-0.25, -0.2) is 9.78 Å². The molecule has 0 aliphatic heterocycles. The lowest BCUT2D eigenvalue weighted by Crippen LogP contribution is -2.33. The molecule has 3 rings (SSSR count). The first-order valence-electron chi connectivity index (χ1n) is 7.37. The quantitative estimate of drug-likeness (QED) is 0.656. The summed E-state index contributed by atoms with van der Waals surface area (Å²) in [5, 5.41) is 5.85. The van der Waals surface area contributed by atoms with Crippen LogP contribution in [0.2, 0.25) is 0 Å². The molecule has 3 aromatic rings. The topological polar surface area (TPSA) is 110 Å². The van der Waals surface area contributed by atoms with Gasteiger partial charge < -0.3 is 10.1 Å². The van der Waals surface area contributed by atoms with Crippen molar-refractivity contribution in [3.8, 4) is 0 Å². The van der Waals surface area contributed by atoms with E-state index in [1.165, 1.54) is 17.6 Å². The molecule has 0 atom stereocenters. The predicted octanol–water partition coefficient (Wildman–Crippen LogP) is 3.43. The Labute approximate surface area is 162 Å². The van der Waals surface area contributed by atoms with E-state index in [4.69, 9.17) is 0 Å². The normalized spacial score (nSPS) is 11.2. The lowest BCUT2D eigenvalue weighted by atomic mass is 10.3. The molecule has 0 bridgehead atoms. The van der Waals surface area contributed by atoms with Crippen LogP contribution in [0.15, 0.2) is 29.9 Å². The zero-order valence-corrected chi connectivity index (χ0v) is 15.2. The number of alkyl carbamates (subject to hydrolysis) is 1. The van der Waals surface area contributed by atoms with Gasteiger partial charge in [-0.3, -0.25) is 19.9 Å². The molecular weight excluding hydrogens is 421 g/mol. The summed E-state index contributed by atoms with van der Waals surface area (Å²) in [6, 6.07) is 3.00. The van der Waals surface area contributed by atoms with Gasteiger partial charge >= 0.3 is 12.3 Å². The molecule has 0 saturated carbocycles. The van der Waals surface area contributed by atoms with Crippen LogP contribution < -0.4 is 10.6 Å². The Kier molecular flexibility index (Phi) is 5.56. The SMILES string of the molecule is O=C(NC(=O)c1ccsc1NC(=O)c1nc2cnccc2s1)OCC(F)(F)F. The zero-order valence-electron chi connectivity index (χ0n) is 13.6. The van der Waals surface area contributed by atoms with E-state index >= 15 is 0 Å². The number of hydrogen-bond donors (Lipinski definition) is 2. The third-order valence-corrected chi connectivity index (χ3v) is 4.97. The van der Waals surface area contributed by atoms with Gasteiger partial charge in [0.05, 0.1) is 16.5 Å². The Bertz CT molecular complexity index is 1010. The van der Waals surface area contributed by atoms with E-state index in [1.807, 2.05) is 0 Å². The molecule has 0 fully saturated rings. The molecule has 0 aliphatic carbocycles. The van der Waals surface area contributed by atoms with Crippen molar-refractivity contribution in [1.29, 1.82) is 0 Å². The zero-order chi connectivity index (χ0) is 20.3. The van der Waals surface area contributed by atoms with Crippen molar-refractivity contribution >= 4 is 55.8 Å². The molecular formula is C15H9F3N4O4S2. The molecule has 0 unspecified atom stereocenters. The lowest BCUT2D eigenvalue weighted by molar-refractivity contribution is -0.160. The van der Waals surface area contributed by atoms with Crippen LogP contribution in [0, 0.1) is 0 Å². The van der Waals surface area contributed by atoms with Gasteiger partial charge in [0.15, 0.2) is 11.6 Å². The highest BCUT2D eigenvalue weighted by atomic mass is 32.1. The molecule has 0 spiro atoms. The van der Waals surface area contributed by atoms with Crippen LogP contribution in [0.5, 0.6) is 0 Å². The van der Waals surface area contributed by atoms with Crippen LogP contribution in [-0.2, 0) is 4.74 Å². The Balaban J connectivity index is 1.66. The maximum absolute atomic E-state index is 12.4. The van der Waals surface area contributed by atoms with Gasteiger partial charge in [0.1, 0.15) is 10.5 Å². The van der Waals surface area contributed by atoms with Crippen LogP contribution in [0.3, 0.4) is 0 Å². The molecule has 0 aromatic carbocycles. The minimum Gasteiger partial charge on any atom is -0.440 e. The first-order valence-corrected chi connectivity index (χ1v) is 9.07. The first kappa shape index (κ1) is 19.7. The van der Waals surface area contributed by atoms with Crippen LogP contribution in [-0.4, -0.2) is 40.7 Å². The van der Waals surface area contributed by atoms with E-state index in [-0.39, 0.29) is 15.6 Å². The minimum absolute atomic E-state index is 0.100. The lowest BCUT2D eigenvalue weighted by Gasteiger charge is -2.09. The number of hydrogen-bond acceptors (Lipinski definition) is 8. The summed E-state index contributed by atoms with van der Waals surface area (Å²) < 4.78 is 40.7. The Hall–Kier alpha value is -3.06. The number of pyridine rings is 1. The number of halogens is 3. The van der Waals surface area contributed by atoms with E-state index in [2.05, 4.69) is 20.0 Å². The first-order chi connectivity index (χ1) is 13.2. The summed E-state index contributed by atoms with van der Waals surface area (Å²) in [6.07, 6.45) is -3.21. The number of aromatic nitrogens is 2. The Morgan fingerprint density at radius 3 is 2.68 bits per heavy atom. The molecule has 0 saturated heterocycles. The second kappa shape index (κ2) is 7.90. The molecule has 0 aliphatic rings. The fourth-order valence-electron chi connectivity index (χ4n) is 1.96. The number of rotatable bonds is 4. The molecule has 28 heavy (non-hydrogen) atoms. The van der Waals surface area contributed by atoms with E-state index in [0.717, 1.165) is 27.4 Å². The fraction of sp³-hybridized carbons (Fsp3) is 0.133. The number of imide groups is 1. The van der Waals surface area contributed by atoms with Crippen LogP contribution in [0.1, 0.15) is 20.2 Å². The Morgan fingerprint density at radius 2 is 1.96 bits per heavy atom. The standard InChI is InChI=1S/C15H9F3N4O4S2/c16-15(17,18)6-26-14(25)22-10(23)7-2-4-27-12(7)21-11(24)13-20-8-5-19-3-1-9(8)28-13/h1-5H,6H2,(H,21,24)(H,22,23,25). The number of fused-ring (bicyclic) bond motifs is 1. The summed E-state index contributed by atoms with van der Waals surface area (Å²) >= 11 is 2.11. The minimum atomic E-state index is -4.71. The number of thiazole rings is 1. The summed E-state index contributed by atoms with van der Waals surface area (Å²) in [4.78, 5) is 43.8. The molecule has 13 heteroatoms. The summed E-state index contributed by atoms with van der Waals surface area (Å²) in [6.45, 7) is -1.83. The summed E-state index contributed by atoms with van der Waals surface area (Å²) in [5.41, 5.74) is 0.430. The molecule has 8 nitrogen and oxygen atoms in total. The van der Waals surface area contributed by atoms with Crippen molar-refractivity contribution in [2.24, 2.45) is 0 Å². The third-order valence-electron chi connectivity index (χ3n) is 3.10. The van der Waals surface area contributed by atoms with E-state index in [9.17, 15) is 27.6 Å². The van der Waals surface area contributed by atoms with Crippen molar-refractivity contribution in [1.82, 2.24) is 15.3 Å². The van der Waals surface area contributed by atoms with Crippen molar-refractivity contribution < 1.29 is 32.3 Å². The highest BCUT2D eigenvalue weighted by Crippen LogP contribution is 2.26. The molecule has 3 amide bonds. The van der Waals surface area contributed by atoms with E-state index < -0.39 is 30.7 Å². The third kappa shape index (κ3) is 4.80. The highest BCUT2D eigenvalue weighted by Gasteiger charge is 2.30. The van der Waals surface area contributed by atoms with Gasteiger partial charge in [-0.05, 0) is 17.5 Å². The molecule has 146 valence electrons. The highest BCUT2D eigenvalue weighted by molar-refractivity contribution is 7.20. The number of ether oxygens (including phenoxy) is 1. The predicted molar refractivity (Wildman–Crippen MR) is 94.6 cm³/mol. The Morgan fingerprint density at radius 1 is 1.18 bits per heavy atom. The van der Waals surface area contributed by atoms with Crippen molar-refractivity contribution in [2.75, 3.05) is 11.9 Å². The van der Waals surface area contributed by atoms with Crippen LogP contribution in [0.25, 0.3) is 10.2 Å². The summed E-state index contributed by atoms with van der Waals surface area (Å²) in [5.74, 6) is -1.60.